The summed E-state index contributed by atoms with van der Waals surface area (Å²) in [6.07, 6.45) is 0. The normalized spacial score (nSPS) is 13.7. The van der Waals surface area contributed by atoms with Crippen molar-refractivity contribution >= 4 is 34.0 Å². The average molecular weight is 288 g/mol. The molecule has 3 aromatic carbocycles. The number of nitrogen functional groups attached to an aromatic ring is 1. The second-order valence-corrected chi connectivity index (χ2v) is 5.25. The Morgan fingerprint density at radius 1 is 0.773 bits per heavy atom. The number of benzene rings is 3. The van der Waals surface area contributed by atoms with Gasteiger partial charge in [0, 0.05) is 5.69 Å². The molecule has 2 amide bonds. The number of rotatable bonds is 1. The van der Waals surface area contributed by atoms with Crippen LogP contribution in [0.3, 0.4) is 0 Å². The number of amides is 2. The lowest BCUT2D eigenvalue weighted by atomic mass is 10.0. The largest absolute Gasteiger partial charge is 0.399 e. The Bertz CT molecular complexity index is 929. The van der Waals surface area contributed by atoms with Crippen molar-refractivity contribution in [3.63, 3.8) is 0 Å². The molecule has 0 saturated carbocycles. The van der Waals surface area contributed by atoms with Gasteiger partial charge in [0.2, 0.25) is 0 Å². The Labute approximate surface area is 126 Å². The molecule has 0 atom stereocenters. The summed E-state index contributed by atoms with van der Waals surface area (Å²) >= 11 is 0. The van der Waals surface area contributed by atoms with Crippen LogP contribution >= 0.6 is 0 Å². The van der Waals surface area contributed by atoms with E-state index in [9.17, 15) is 9.59 Å². The molecule has 4 nitrogen and oxygen atoms in total. The highest BCUT2D eigenvalue weighted by Crippen LogP contribution is 2.33. The van der Waals surface area contributed by atoms with Crippen LogP contribution in [0.4, 0.5) is 11.4 Å². The van der Waals surface area contributed by atoms with E-state index in [1.165, 1.54) is 4.90 Å². The second-order valence-electron chi connectivity index (χ2n) is 5.25. The SMILES string of the molecule is Nc1ccc(N2C(=O)c3ccc4ccccc4c3C2=O)cc1. The van der Waals surface area contributed by atoms with Crippen LogP contribution in [0.1, 0.15) is 20.7 Å². The molecule has 0 spiro atoms. The zero-order chi connectivity index (χ0) is 15.3. The highest BCUT2D eigenvalue weighted by molar-refractivity contribution is 6.37. The van der Waals surface area contributed by atoms with Crippen molar-refractivity contribution < 1.29 is 9.59 Å². The van der Waals surface area contributed by atoms with E-state index in [-0.39, 0.29) is 11.8 Å². The van der Waals surface area contributed by atoms with Crippen LogP contribution in [0, 0.1) is 0 Å². The molecule has 0 saturated heterocycles. The summed E-state index contributed by atoms with van der Waals surface area (Å²) in [7, 11) is 0. The lowest BCUT2D eigenvalue weighted by molar-refractivity contribution is 0.0926. The molecular weight excluding hydrogens is 276 g/mol. The first kappa shape index (κ1) is 12.6. The molecule has 0 fully saturated rings. The molecule has 0 aromatic heterocycles. The van der Waals surface area contributed by atoms with Crippen molar-refractivity contribution in [2.75, 3.05) is 10.6 Å². The van der Waals surface area contributed by atoms with Gasteiger partial charge >= 0.3 is 0 Å². The van der Waals surface area contributed by atoms with Gasteiger partial charge in [0.25, 0.3) is 11.8 Å². The molecule has 1 aliphatic rings. The Morgan fingerprint density at radius 2 is 1.50 bits per heavy atom. The van der Waals surface area contributed by atoms with Gasteiger partial charge in [-0.3, -0.25) is 9.59 Å². The van der Waals surface area contributed by atoms with E-state index < -0.39 is 0 Å². The third kappa shape index (κ3) is 1.64. The van der Waals surface area contributed by atoms with Crippen LogP contribution in [-0.2, 0) is 0 Å². The van der Waals surface area contributed by atoms with Gasteiger partial charge in [-0.25, -0.2) is 4.90 Å². The van der Waals surface area contributed by atoms with E-state index in [0.29, 0.717) is 22.5 Å². The predicted molar refractivity (Wildman–Crippen MR) is 85.9 cm³/mol. The number of nitrogens with zero attached hydrogens (tertiary/aromatic N) is 1. The van der Waals surface area contributed by atoms with Crippen molar-refractivity contribution in [1.82, 2.24) is 0 Å². The minimum atomic E-state index is -0.296. The molecule has 2 N–H and O–H groups in total. The van der Waals surface area contributed by atoms with Crippen molar-refractivity contribution in [2.24, 2.45) is 0 Å². The number of carbonyl (C=O) groups excluding carboxylic acids is 2. The van der Waals surface area contributed by atoms with Gasteiger partial charge < -0.3 is 5.73 Å². The standard InChI is InChI=1S/C18H12N2O2/c19-12-6-8-13(9-7-12)20-17(21)15-10-5-11-3-1-2-4-14(11)16(15)18(20)22/h1-10H,19H2. The highest BCUT2D eigenvalue weighted by atomic mass is 16.2. The fourth-order valence-corrected chi connectivity index (χ4v) is 2.86. The van der Waals surface area contributed by atoms with E-state index in [1.807, 2.05) is 30.3 Å². The summed E-state index contributed by atoms with van der Waals surface area (Å²) < 4.78 is 0. The minimum absolute atomic E-state index is 0.290. The first-order valence-corrected chi connectivity index (χ1v) is 6.93. The Balaban J connectivity index is 1.93. The molecule has 4 rings (SSSR count). The van der Waals surface area contributed by atoms with E-state index in [2.05, 4.69) is 0 Å². The van der Waals surface area contributed by atoms with Crippen LogP contribution < -0.4 is 10.6 Å². The number of hydrogen-bond acceptors (Lipinski definition) is 3. The van der Waals surface area contributed by atoms with Gasteiger partial charge in [0.05, 0.1) is 16.8 Å². The zero-order valence-corrected chi connectivity index (χ0v) is 11.6. The molecule has 0 radical (unpaired) electrons. The Hall–Kier alpha value is -3.14. The molecule has 1 aliphatic heterocycles. The predicted octanol–water partition coefficient (Wildman–Crippen LogP) is 3.22. The highest BCUT2D eigenvalue weighted by Gasteiger charge is 2.37. The third-order valence-electron chi connectivity index (χ3n) is 3.93. The Kier molecular flexibility index (Phi) is 2.53. The number of anilines is 2. The van der Waals surface area contributed by atoms with Crippen molar-refractivity contribution in [2.45, 2.75) is 0 Å². The topological polar surface area (TPSA) is 63.4 Å². The van der Waals surface area contributed by atoms with Crippen LogP contribution in [0.5, 0.6) is 0 Å². The maximum absolute atomic E-state index is 12.8. The number of imide groups is 1. The fraction of sp³-hybridized carbons (Fsp3) is 0. The second kappa shape index (κ2) is 4.43. The zero-order valence-electron chi connectivity index (χ0n) is 11.6. The summed E-state index contributed by atoms with van der Waals surface area (Å²) in [4.78, 5) is 26.6. The number of hydrogen-bond donors (Lipinski definition) is 1. The molecule has 0 aliphatic carbocycles. The maximum atomic E-state index is 12.8. The summed E-state index contributed by atoms with van der Waals surface area (Å²) in [6, 6.07) is 17.9. The molecule has 3 aromatic rings. The first-order valence-electron chi connectivity index (χ1n) is 6.93. The molecule has 1 heterocycles. The van der Waals surface area contributed by atoms with Crippen LogP contribution in [0.2, 0.25) is 0 Å². The Morgan fingerprint density at radius 3 is 2.27 bits per heavy atom. The minimum Gasteiger partial charge on any atom is -0.399 e. The monoisotopic (exact) mass is 288 g/mol. The van der Waals surface area contributed by atoms with Crippen molar-refractivity contribution in [3.8, 4) is 0 Å². The van der Waals surface area contributed by atoms with E-state index >= 15 is 0 Å². The lowest BCUT2D eigenvalue weighted by Crippen LogP contribution is -2.29. The lowest BCUT2D eigenvalue weighted by Gasteiger charge is -2.13. The third-order valence-corrected chi connectivity index (χ3v) is 3.93. The summed E-state index contributed by atoms with van der Waals surface area (Å²) in [5.74, 6) is -0.586. The van der Waals surface area contributed by atoms with Gasteiger partial charge in [-0.05, 0) is 41.1 Å². The molecule has 22 heavy (non-hydrogen) atoms. The number of fused-ring (bicyclic) bond motifs is 3. The van der Waals surface area contributed by atoms with Gasteiger partial charge in [0.15, 0.2) is 0 Å². The maximum Gasteiger partial charge on any atom is 0.266 e. The van der Waals surface area contributed by atoms with Gasteiger partial charge in [-0.1, -0.05) is 30.3 Å². The van der Waals surface area contributed by atoms with Crippen molar-refractivity contribution in [1.29, 1.82) is 0 Å². The average Bonchev–Trinajstić information content (AvgIpc) is 2.80. The number of nitrogens with two attached hydrogens (primary N) is 1. The van der Waals surface area contributed by atoms with E-state index in [4.69, 9.17) is 5.73 Å². The molecule has 0 bridgehead atoms. The van der Waals surface area contributed by atoms with Crippen LogP contribution in [0.25, 0.3) is 10.8 Å². The molecule has 106 valence electrons. The van der Waals surface area contributed by atoms with E-state index in [0.717, 1.165) is 10.8 Å². The first-order chi connectivity index (χ1) is 10.7. The molecule has 0 unspecified atom stereocenters. The molecule has 4 heteroatoms. The van der Waals surface area contributed by atoms with E-state index in [1.54, 1.807) is 30.3 Å². The summed E-state index contributed by atoms with van der Waals surface area (Å²) in [5.41, 5.74) is 7.70. The van der Waals surface area contributed by atoms with Crippen molar-refractivity contribution in [3.05, 3.63) is 71.8 Å². The van der Waals surface area contributed by atoms with Gasteiger partial charge in [0.1, 0.15) is 0 Å². The quantitative estimate of drug-likeness (QED) is 0.552. The summed E-state index contributed by atoms with van der Waals surface area (Å²) in [6.45, 7) is 0. The van der Waals surface area contributed by atoms with Crippen LogP contribution in [-0.4, -0.2) is 11.8 Å². The fourth-order valence-electron chi connectivity index (χ4n) is 2.86. The van der Waals surface area contributed by atoms with Crippen LogP contribution in [0.15, 0.2) is 60.7 Å². The smallest absolute Gasteiger partial charge is 0.266 e. The molecular formula is C18H12N2O2. The number of carbonyl (C=O) groups is 2. The summed E-state index contributed by atoms with van der Waals surface area (Å²) in [5, 5.41) is 1.75. The van der Waals surface area contributed by atoms with Gasteiger partial charge in [-0.15, -0.1) is 0 Å². The van der Waals surface area contributed by atoms with Gasteiger partial charge in [-0.2, -0.15) is 0 Å².